The van der Waals surface area contributed by atoms with Gasteiger partial charge >= 0.3 is 0 Å². The number of aryl methyl sites for hydroxylation is 1. The van der Waals surface area contributed by atoms with E-state index in [1.165, 1.54) is 11.1 Å². The molecule has 0 aliphatic heterocycles. The number of rotatable bonds is 12. The molecule has 1 fully saturated rings. The van der Waals surface area contributed by atoms with Gasteiger partial charge in [-0.3, -0.25) is 0 Å². The summed E-state index contributed by atoms with van der Waals surface area (Å²) in [6.07, 6.45) is 4.56. The molecule has 0 amide bonds. The highest BCUT2D eigenvalue weighted by Gasteiger charge is 2.24. The van der Waals surface area contributed by atoms with Crippen molar-refractivity contribution >= 4 is 46.0 Å². The first-order chi connectivity index (χ1) is 20.3. The predicted octanol–water partition coefficient (Wildman–Crippen LogP) is 7.40. The number of hydrogen-bond donors (Lipinski definition) is 3. The van der Waals surface area contributed by atoms with Gasteiger partial charge in [-0.2, -0.15) is 16.7 Å². The number of thioether (sulfide) groups is 1. The summed E-state index contributed by atoms with van der Waals surface area (Å²) in [5, 5.41) is 20.6. The second-order valence-corrected chi connectivity index (χ2v) is 13.3. The quantitative estimate of drug-likeness (QED) is 0.156. The van der Waals surface area contributed by atoms with Crippen LogP contribution >= 0.6 is 23.4 Å². The first-order valence-corrected chi connectivity index (χ1v) is 16.3. The molecule has 0 radical (unpaired) electrons. The van der Waals surface area contributed by atoms with Crippen LogP contribution < -0.4 is 15.5 Å². The van der Waals surface area contributed by atoms with E-state index < -0.39 is 6.10 Å². The molecule has 3 N–H and O–H groups in total. The molecule has 2 atom stereocenters. The number of aliphatic hydroxyl groups excluding tert-OH is 1. The van der Waals surface area contributed by atoms with Crippen LogP contribution in [0, 0.1) is 6.92 Å². The fourth-order valence-electron chi connectivity index (χ4n) is 5.57. The fraction of sp³-hybridized carbons (Fsp3) is 0.412. The summed E-state index contributed by atoms with van der Waals surface area (Å²) in [6.45, 7) is 2.94. The monoisotopic (exact) mass is 603 g/mol. The molecule has 3 aromatic carbocycles. The summed E-state index contributed by atoms with van der Waals surface area (Å²) in [6, 6.07) is 25.3. The highest BCUT2D eigenvalue weighted by molar-refractivity contribution is 7.99. The van der Waals surface area contributed by atoms with Crippen LogP contribution in [0.15, 0.2) is 72.8 Å². The Morgan fingerprint density at radius 3 is 2.33 bits per heavy atom. The molecule has 1 aliphatic rings. The van der Waals surface area contributed by atoms with Crippen LogP contribution in [-0.4, -0.2) is 53.0 Å². The molecule has 0 bridgehead atoms. The molecular formula is C34H42ClN5OS. The van der Waals surface area contributed by atoms with E-state index in [1.54, 1.807) is 0 Å². The van der Waals surface area contributed by atoms with E-state index in [2.05, 4.69) is 47.9 Å². The number of nitrogens with one attached hydrogen (secondary N) is 2. The highest BCUT2D eigenvalue weighted by atomic mass is 35.5. The predicted molar refractivity (Wildman–Crippen MR) is 179 cm³/mol. The number of benzene rings is 3. The molecule has 1 aliphatic carbocycles. The maximum atomic E-state index is 11.1. The Morgan fingerprint density at radius 2 is 1.62 bits per heavy atom. The fourth-order valence-corrected chi connectivity index (χ4v) is 6.85. The number of aliphatic hydroxyl groups is 1. The lowest BCUT2D eigenvalue weighted by Crippen LogP contribution is -2.40. The topological polar surface area (TPSA) is 73.3 Å². The summed E-state index contributed by atoms with van der Waals surface area (Å²) in [5.74, 6) is 2.53. The van der Waals surface area contributed by atoms with Gasteiger partial charge < -0.3 is 20.6 Å². The molecule has 2 unspecified atom stereocenters. The summed E-state index contributed by atoms with van der Waals surface area (Å²) < 4.78 is 0. The second-order valence-electron chi connectivity index (χ2n) is 11.6. The van der Waals surface area contributed by atoms with Crippen molar-refractivity contribution in [3.8, 4) is 0 Å². The Balaban J connectivity index is 1.16. The number of anilines is 2. The SMILES string of the molecule is Cc1ccc(C(O)CC(CNC2CCC(Nc3nc(N(C)C)c4ccccc4n3)CC2)SCc2ccc(Cl)cc2)cc1. The summed E-state index contributed by atoms with van der Waals surface area (Å²) in [4.78, 5) is 11.7. The van der Waals surface area contributed by atoms with Gasteiger partial charge in [0.25, 0.3) is 0 Å². The first kappa shape index (κ1) is 30.6. The number of halogens is 1. The van der Waals surface area contributed by atoms with E-state index in [1.807, 2.05) is 73.2 Å². The minimum Gasteiger partial charge on any atom is -0.388 e. The number of fused-ring (bicyclic) bond motifs is 1. The molecule has 222 valence electrons. The van der Waals surface area contributed by atoms with Crippen LogP contribution in [0.4, 0.5) is 11.8 Å². The zero-order chi connectivity index (χ0) is 29.5. The van der Waals surface area contributed by atoms with E-state index in [0.717, 1.165) is 65.3 Å². The third kappa shape index (κ3) is 8.38. The second kappa shape index (κ2) is 14.6. The molecule has 0 saturated heterocycles. The molecule has 4 aromatic rings. The number of aromatic nitrogens is 2. The van der Waals surface area contributed by atoms with Crippen molar-refractivity contribution in [3.63, 3.8) is 0 Å². The van der Waals surface area contributed by atoms with Crippen molar-refractivity contribution in [1.82, 2.24) is 15.3 Å². The average molecular weight is 604 g/mol. The van der Waals surface area contributed by atoms with E-state index in [9.17, 15) is 5.11 Å². The van der Waals surface area contributed by atoms with Crippen molar-refractivity contribution in [3.05, 3.63) is 94.5 Å². The van der Waals surface area contributed by atoms with Crippen LogP contribution in [0.3, 0.4) is 0 Å². The molecule has 42 heavy (non-hydrogen) atoms. The third-order valence-electron chi connectivity index (χ3n) is 8.05. The van der Waals surface area contributed by atoms with Crippen LogP contribution in [0.2, 0.25) is 5.02 Å². The molecule has 6 nitrogen and oxygen atoms in total. The Morgan fingerprint density at radius 1 is 0.929 bits per heavy atom. The Hall–Kier alpha value is -2.84. The van der Waals surface area contributed by atoms with Crippen molar-refractivity contribution in [1.29, 1.82) is 0 Å². The van der Waals surface area contributed by atoms with Gasteiger partial charge in [0.05, 0.1) is 11.6 Å². The van der Waals surface area contributed by atoms with Gasteiger partial charge in [-0.25, -0.2) is 4.98 Å². The van der Waals surface area contributed by atoms with E-state index in [4.69, 9.17) is 21.6 Å². The standard InChI is InChI=1S/C34H42ClN5OS/c1-23-8-12-25(13-9-23)32(41)20-29(42-22-24-10-14-26(35)15-11-24)21-36-27-16-18-28(19-17-27)37-34-38-31-7-5-4-6-30(31)33(39-34)40(2)3/h4-15,27-29,32,36,41H,16-22H2,1-3H3,(H,37,38,39). The van der Waals surface area contributed by atoms with Gasteiger partial charge in [-0.15, -0.1) is 0 Å². The zero-order valence-electron chi connectivity index (χ0n) is 24.8. The van der Waals surface area contributed by atoms with E-state index in [-0.39, 0.29) is 5.25 Å². The van der Waals surface area contributed by atoms with E-state index >= 15 is 0 Å². The minimum atomic E-state index is -0.482. The lowest BCUT2D eigenvalue weighted by Gasteiger charge is -2.31. The van der Waals surface area contributed by atoms with Gasteiger partial charge in [-0.1, -0.05) is 65.7 Å². The van der Waals surface area contributed by atoms with Crippen LogP contribution in [0.25, 0.3) is 10.9 Å². The van der Waals surface area contributed by atoms with Crippen molar-refractivity contribution < 1.29 is 5.11 Å². The molecule has 5 rings (SSSR count). The van der Waals surface area contributed by atoms with Gasteiger partial charge in [0.1, 0.15) is 5.82 Å². The maximum Gasteiger partial charge on any atom is 0.225 e. The van der Waals surface area contributed by atoms with Gasteiger partial charge in [0.2, 0.25) is 5.95 Å². The normalized spacial score (nSPS) is 18.5. The summed E-state index contributed by atoms with van der Waals surface area (Å²) >= 11 is 8.00. The van der Waals surface area contributed by atoms with Gasteiger partial charge in [0, 0.05) is 54.1 Å². The van der Waals surface area contributed by atoms with Crippen LogP contribution in [0.5, 0.6) is 0 Å². The molecule has 0 spiro atoms. The Bertz CT molecular complexity index is 1420. The smallest absolute Gasteiger partial charge is 0.225 e. The molecule has 1 aromatic heterocycles. The van der Waals surface area contributed by atoms with Crippen LogP contribution in [0.1, 0.15) is 54.9 Å². The zero-order valence-corrected chi connectivity index (χ0v) is 26.3. The van der Waals surface area contributed by atoms with Crippen LogP contribution in [-0.2, 0) is 5.75 Å². The molecular weight excluding hydrogens is 562 g/mol. The van der Waals surface area contributed by atoms with Gasteiger partial charge in [-0.05, 0) is 74.4 Å². The Labute approximate surface area is 259 Å². The lowest BCUT2D eigenvalue weighted by molar-refractivity contribution is 0.165. The number of para-hydroxylation sites is 1. The first-order valence-electron chi connectivity index (χ1n) is 14.9. The van der Waals surface area contributed by atoms with Crippen molar-refractivity contribution in [2.24, 2.45) is 0 Å². The van der Waals surface area contributed by atoms with Crippen molar-refractivity contribution in [2.45, 2.75) is 68.2 Å². The lowest BCUT2D eigenvalue weighted by atomic mass is 9.91. The molecule has 1 heterocycles. The maximum absolute atomic E-state index is 11.1. The molecule has 1 saturated carbocycles. The molecule has 8 heteroatoms. The van der Waals surface area contributed by atoms with Gasteiger partial charge in [0.15, 0.2) is 0 Å². The average Bonchev–Trinajstić information content (AvgIpc) is 3.00. The highest BCUT2D eigenvalue weighted by Crippen LogP contribution is 2.30. The summed E-state index contributed by atoms with van der Waals surface area (Å²) in [5.41, 5.74) is 4.40. The number of hydrogen-bond acceptors (Lipinski definition) is 7. The number of nitrogens with zero attached hydrogens (tertiary/aromatic N) is 3. The largest absolute Gasteiger partial charge is 0.388 e. The third-order valence-corrected chi connectivity index (χ3v) is 9.63. The Kier molecular flexibility index (Phi) is 10.6. The summed E-state index contributed by atoms with van der Waals surface area (Å²) in [7, 11) is 4.05. The van der Waals surface area contributed by atoms with E-state index in [0.29, 0.717) is 24.5 Å². The van der Waals surface area contributed by atoms with Crippen molar-refractivity contribution in [2.75, 3.05) is 30.9 Å². The minimum absolute atomic E-state index is 0.281.